The zero-order valence-corrected chi connectivity index (χ0v) is 23.7. The Hall–Kier alpha value is -3.92. The smallest absolute Gasteiger partial charge is 0.431 e. The number of para-hydroxylation sites is 1. The standard InChI is InChI=1S/C34H41N3O4/c38-33(39)29-17-16-26-21-27-13-9-14-28-23-30(36-32(27)28)18-19-35-37(34(40)41)31-15-8-11-24(20-31)10-6-4-2-1-3-5-7-12-25(26)22-29/h8-9,11,13-15,20,23,25-26,29,35-36H,1-7,10,12,16-17,21-22H2,(H,38,39)(H,40,41). The molecule has 1 amide bonds. The summed E-state index contributed by atoms with van der Waals surface area (Å²) < 4.78 is 0. The molecule has 2 aromatic carbocycles. The summed E-state index contributed by atoms with van der Waals surface area (Å²) in [7, 11) is 0. The van der Waals surface area contributed by atoms with Crippen molar-refractivity contribution in [2.24, 2.45) is 17.8 Å². The maximum atomic E-state index is 12.0. The number of fused-ring (bicyclic) bond motifs is 4. The molecule has 5 rings (SSSR count). The van der Waals surface area contributed by atoms with Crippen molar-refractivity contribution < 1.29 is 19.8 Å². The number of benzene rings is 2. The van der Waals surface area contributed by atoms with Gasteiger partial charge in [0.15, 0.2) is 0 Å². The summed E-state index contributed by atoms with van der Waals surface area (Å²) >= 11 is 0. The van der Waals surface area contributed by atoms with Crippen molar-refractivity contribution in [2.75, 3.05) is 5.01 Å². The lowest BCUT2D eigenvalue weighted by molar-refractivity contribution is -0.144. The molecule has 41 heavy (non-hydrogen) atoms. The average Bonchev–Trinajstić information content (AvgIpc) is 3.38. The van der Waals surface area contributed by atoms with Crippen LogP contribution in [-0.2, 0) is 17.6 Å². The Kier molecular flexibility index (Phi) is 9.51. The van der Waals surface area contributed by atoms with Crippen LogP contribution in [-0.4, -0.2) is 27.3 Å². The number of hydrazine groups is 1. The number of nitrogens with one attached hydrogen (secondary N) is 2. The van der Waals surface area contributed by atoms with Crippen molar-refractivity contribution in [3.8, 4) is 12.0 Å². The number of aryl methyl sites for hydroxylation is 1. The molecule has 4 N–H and O–H groups in total. The van der Waals surface area contributed by atoms with Gasteiger partial charge in [0.1, 0.15) is 0 Å². The van der Waals surface area contributed by atoms with E-state index in [0.29, 0.717) is 23.2 Å². The number of anilines is 1. The van der Waals surface area contributed by atoms with E-state index in [1.807, 2.05) is 24.3 Å². The van der Waals surface area contributed by atoms with Gasteiger partial charge in [0, 0.05) is 16.9 Å². The van der Waals surface area contributed by atoms with Gasteiger partial charge in [-0.1, -0.05) is 75.3 Å². The van der Waals surface area contributed by atoms with Gasteiger partial charge in [-0.15, -0.1) is 0 Å². The highest BCUT2D eigenvalue weighted by atomic mass is 16.4. The lowest BCUT2D eigenvalue weighted by Crippen LogP contribution is -2.39. The quantitative estimate of drug-likeness (QED) is 0.233. The monoisotopic (exact) mass is 555 g/mol. The summed E-state index contributed by atoms with van der Waals surface area (Å²) in [6.07, 6.45) is 12.5. The molecule has 2 heterocycles. The fraction of sp³-hybridized carbons (Fsp3) is 0.471. The highest BCUT2D eigenvalue weighted by Gasteiger charge is 2.33. The van der Waals surface area contributed by atoms with E-state index in [0.717, 1.165) is 72.8 Å². The number of aromatic amines is 1. The fourth-order valence-electron chi connectivity index (χ4n) is 6.76. The molecule has 7 nitrogen and oxygen atoms in total. The van der Waals surface area contributed by atoms with Crippen molar-refractivity contribution in [3.63, 3.8) is 0 Å². The minimum Gasteiger partial charge on any atom is -0.481 e. The lowest BCUT2D eigenvalue weighted by Gasteiger charge is -2.35. The van der Waals surface area contributed by atoms with E-state index in [4.69, 9.17) is 0 Å². The molecule has 0 radical (unpaired) electrons. The minimum atomic E-state index is -1.12. The summed E-state index contributed by atoms with van der Waals surface area (Å²) in [4.78, 5) is 27.3. The number of carbonyl (C=O) groups is 2. The molecule has 1 aliphatic heterocycles. The van der Waals surface area contributed by atoms with Gasteiger partial charge in [-0.2, -0.15) is 5.01 Å². The lowest BCUT2D eigenvalue weighted by atomic mass is 9.70. The first-order chi connectivity index (χ1) is 20.0. The Morgan fingerprint density at radius 1 is 0.854 bits per heavy atom. The van der Waals surface area contributed by atoms with E-state index >= 15 is 0 Å². The van der Waals surface area contributed by atoms with E-state index in [9.17, 15) is 19.8 Å². The third-order valence-corrected chi connectivity index (χ3v) is 8.98. The van der Waals surface area contributed by atoms with Gasteiger partial charge in [0.05, 0.1) is 17.3 Å². The van der Waals surface area contributed by atoms with E-state index in [-0.39, 0.29) is 5.92 Å². The van der Waals surface area contributed by atoms with Gasteiger partial charge < -0.3 is 15.2 Å². The van der Waals surface area contributed by atoms with E-state index in [1.54, 1.807) is 6.07 Å². The van der Waals surface area contributed by atoms with Crippen LogP contribution in [0.3, 0.4) is 0 Å². The zero-order valence-electron chi connectivity index (χ0n) is 23.7. The molecular formula is C34H41N3O4. The largest absolute Gasteiger partial charge is 0.481 e. The average molecular weight is 556 g/mol. The molecule has 1 saturated carbocycles. The summed E-state index contributed by atoms with van der Waals surface area (Å²) in [5.74, 6) is 3.08. The van der Waals surface area contributed by atoms with E-state index in [2.05, 4.69) is 40.6 Å². The number of nitrogens with zero attached hydrogens (tertiary/aromatic N) is 1. The van der Waals surface area contributed by atoms with Crippen molar-refractivity contribution in [2.45, 2.75) is 83.5 Å². The number of carboxylic acid groups (broad SMARTS) is 2. The Bertz CT molecular complexity index is 1420. The molecule has 3 atom stereocenters. The first-order valence-corrected chi connectivity index (χ1v) is 15.2. The van der Waals surface area contributed by atoms with Crippen molar-refractivity contribution in [3.05, 3.63) is 65.4 Å². The Labute approximate surface area is 242 Å². The number of hydrogen-bond donors (Lipinski definition) is 4. The second kappa shape index (κ2) is 13.6. The number of hydrogen-bond acceptors (Lipinski definition) is 3. The third kappa shape index (κ3) is 7.43. The molecule has 3 aromatic rings. The molecule has 4 bridgehead atoms. The van der Waals surface area contributed by atoms with Crippen LogP contribution in [0.4, 0.5) is 10.5 Å². The van der Waals surface area contributed by atoms with Crippen LogP contribution in [0, 0.1) is 29.7 Å². The van der Waals surface area contributed by atoms with Crippen LogP contribution in [0.25, 0.3) is 10.9 Å². The maximum Gasteiger partial charge on any atom is 0.431 e. The molecule has 2 aliphatic rings. The molecular weight excluding hydrogens is 514 g/mol. The molecule has 1 fully saturated rings. The predicted octanol–water partition coefficient (Wildman–Crippen LogP) is 7.50. The molecule has 1 aromatic heterocycles. The van der Waals surface area contributed by atoms with Gasteiger partial charge in [-0.05, 0) is 85.6 Å². The topological polar surface area (TPSA) is 106 Å². The van der Waals surface area contributed by atoms with Gasteiger partial charge in [-0.25, -0.2) is 10.2 Å². The Balaban J connectivity index is 1.40. The van der Waals surface area contributed by atoms with Crippen LogP contribution in [0.2, 0.25) is 0 Å². The minimum absolute atomic E-state index is 0.222. The molecule has 3 unspecified atom stereocenters. The predicted molar refractivity (Wildman–Crippen MR) is 162 cm³/mol. The van der Waals surface area contributed by atoms with Crippen LogP contribution >= 0.6 is 0 Å². The second-order valence-electron chi connectivity index (χ2n) is 11.8. The molecule has 1 aliphatic carbocycles. The van der Waals surface area contributed by atoms with Crippen LogP contribution in [0.15, 0.2) is 48.5 Å². The van der Waals surface area contributed by atoms with Crippen molar-refractivity contribution in [1.82, 2.24) is 10.4 Å². The van der Waals surface area contributed by atoms with Crippen molar-refractivity contribution >= 4 is 28.7 Å². The maximum absolute atomic E-state index is 12.0. The first kappa shape index (κ1) is 28.6. The molecule has 7 heteroatoms. The van der Waals surface area contributed by atoms with Gasteiger partial charge in [0.25, 0.3) is 0 Å². The summed E-state index contributed by atoms with van der Waals surface area (Å²) in [5, 5.41) is 21.7. The summed E-state index contributed by atoms with van der Waals surface area (Å²) in [5.41, 5.74) is 7.42. The van der Waals surface area contributed by atoms with Gasteiger partial charge >= 0.3 is 12.1 Å². The number of aromatic nitrogens is 1. The van der Waals surface area contributed by atoms with Crippen LogP contribution in [0.5, 0.6) is 0 Å². The number of amides is 1. The third-order valence-electron chi connectivity index (χ3n) is 8.98. The Morgan fingerprint density at radius 3 is 2.44 bits per heavy atom. The van der Waals surface area contributed by atoms with Gasteiger partial charge in [-0.3, -0.25) is 4.79 Å². The summed E-state index contributed by atoms with van der Waals surface area (Å²) in [6.45, 7) is 0. The second-order valence-corrected chi connectivity index (χ2v) is 11.8. The first-order valence-electron chi connectivity index (χ1n) is 15.2. The number of rotatable bonds is 1. The fourth-order valence-corrected chi connectivity index (χ4v) is 6.76. The van der Waals surface area contributed by atoms with Gasteiger partial charge in [0.2, 0.25) is 0 Å². The Morgan fingerprint density at radius 2 is 1.63 bits per heavy atom. The molecule has 0 spiro atoms. The van der Waals surface area contributed by atoms with Crippen LogP contribution in [0.1, 0.15) is 87.4 Å². The zero-order chi connectivity index (χ0) is 28.6. The summed E-state index contributed by atoms with van der Waals surface area (Å²) in [6, 6.07) is 18.8. The highest BCUT2D eigenvalue weighted by Crippen LogP contribution is 2.40. The number of carboxylic acids is 1. The number of aliphatic carboxylic acids is 1. The highest BCUT2D eigenvalue weighted by molar-refractivity contribution is 5.86. The molecule has 0 saturated heterocycles. The van der Waals surface area contributed by atoms with E-state index < -0.39 is 12.1 Å². The molecule has 216 valence electrons. The van der Waals surface area contributed by atoms with Crippen molar-refractivity contribution in [1.29, 1.82) is 0 Å². The number of H-pyrrole nitrogens is 1. The normalized spacial score (nSPS) is 22.6. The van der Waals surface area contributed by atoms with Crippen LogP contribution < -0.4 is 10.4 Å². The SMILES string of the molecule is O=C(O)C1CCC2Cc3cccc4cc([nH]c34)C#CNN(C(=O)O)c3cccc(c3)CCCCCCCCCC2C1. The van der Waals surface area contributed by atoms with E-state index in [1.165, 1.54) is 37.7 Å².